The number of likely N-dealkylation sites (tertiary alicyclic amines) is 1. The average molecular weight is 507 g/mol. The average Bonchev–Trinajstić information content (AvgIpc) is 3.43. The molecule has 1 saturated heterocycles. The van der Waals surface area contributed by atoms with Crippen LogP contribution >= 0.6 is 12.4 Å². The van der Waals surface area contributed by atoms with Gasteiger partial charge in [-0.15, -0.1) is 12.4 Å². The molecule has 1 aromatic heterocycles. The second kappa shape index (κ2) is 8.53. The van der Waals surface area contributed by atoms with Crippen LogP contribution in [0.2, 0.25) is 0 Å². The number of hydrogen-bond donors (Lipinski definition) is 1. The maximum atomic E-state index is 13.3. The molecule has 2 saturated carbocycles. The van der Waals surface area contributed by atoms with Gasteiger partial charge in [0.2, 0.25) is 5.91 Å². The van der Waals surface area contributed by atoms with Crippen molar-refractivity contribution < 1.29 is 14.3 Å². The van der Waals surface area contributed by atoms with E-state index in [1.807, 2.05) is 36.2 Å². The molecule has 5 aliphatic rings. The summed E-state index contributed by atoms with van der Waals surface area (Å²) in [7, 11) is 1.97. The summed E-state index contributed by atoms with van der Waals surface area (Å²) in [5.74, 6) is 1.64. The van der Waals surface area contributed by atoms with Gasteiger partial charge >= 0.3 is 0 Å². The zero-order valence-electron chi connectivity index (χ0n) is 20.8. The number of piperidine rings is 1. The van der Waals surface area contributed by atoms with Gasteiger partial charge in [-0.1, -0.05) is 18.2 Å². The third-order valence-electron chi connectivity index (χ3n) is 10.0. The van der Waals surface area contributed by atoms with Crippen LogP contribution < -0.4 is 0 Å². The quantitative estimate of drug-likeness (QED) is 0.448. The molecule has 190 valence electrons. The number of carbonyl (C=O) groups excluding carboxylic acids is 1. The molecule has 1 amide bonds. The molecular weight excluding hydrogens is 472 g/mol. The predicted molar refractivity (Wildman–Crippen MR) is 142 cm³/mol. The lowest BCUT2D eigenvalue weighted by Gasteiger charge is -2.65. The van der Waals surface area contributed by atoms with Crippen LogP contribution in [-0.4, -0.2) is 53.0 Å². The van der Waals surface area contributed by atoms with E-state index < -0.39 is 0 Å². The number of halogens is 1. The minimum absolute atomic E-state index is 0. The monoisotopic (exact) mass is 506 g/mol. The minimum Gasteiger partial charge on any atom is -0.508 e. The molecule has 36 heavy (non-hydrogen) atoms. The zero-order chi connectivity index (χ0) is 23.8. The molecule has 1 spiro atoms. The third-order valence-corrected chi connectivity index (χ3v) is 10.0. The first kappa shape index (κ1) is 23.9. The van der Waals surface area contributed by atoms with Gasteiger partial charge in [0, 0.05) is 48.1 Å². The summed E-state index contributed by atoms with van der Waals surface area (Å²) < 4.78 is 5.14. The first-order chi connectivity index (χ1) is 17.0. The highest BCUT2D eigenvalue weighted by Crippen LogP contribution is 2.68. The van der Waals surface area contributed by atoms with Crippen LogP contribution in [0.3, 0.4) is 0 Å². The maximum Gasteiger partial charge on any atom is 0.246 e. The predicted octanol–water partition coefficient (Wildman–Crippen LogP) is 5.19. The van der Waals surface area contributed by atoms with Gasteiger partial charge in [0.25, 0.3) is 0 Å². The third kappa shape index (κ3) is 3.42. The Bertz CT molecular complexity index is 1220. The standard InChI is InChI=1S/C30H34N2O3.ClH/c1-31(28(34)9-4-21-10-13-35-19-21)26-17-29-11-12-32(18-20-2-3-20)27-8-6-23(26)16-30(27,29)15-22-5-7-24(33)14-25(22)29;/h4-10,13-14,19-20,23,26-27,33H,2-3,11-12,15-18H2,1H3;1H/b9-4+;/t23-,26+,27+,29-,30-;/m1./s1. The van der Waals surface area contributed by atoms with Crippen molar-refractivity contribution in [3.8, 4) is 5.75 Å². The van der Waals surface area contributed by atoms with Crippen LogP contribution in [0.5, 0.6) is 5.75 Å². The van der Waals surface area contributed by atoms with Crippen molar-refractivity contribution in [1.82, 2.24) is 9.80 Å². The molecule has 2 aromatic rings. The van der Waals surface area contributed by atoms with Crippen molar-refractivity contribution in [3.05, 3.63) is 71.7 Å². The van der Waals surface area contributed by atoms with E-state index >= 15 is 0 Å². The highest BCUT2D eigenvalue weighted by molar-refractivity contribution is 5.91. The molecule has 5 atom stereocenters. The fourth-order valence-electron chi connectivity index (χ4n) is 8.23. The van der Waals surface area contributed by atoms with Gasteiger partial charge < -0.3 is 14.4 Å². The minimum atomic E-state index is 0. The van der Waals surface area contributed by atoms with E-state index in [2.05, 4.69) is 23.1 Å². The summed E-state index contributed by atoms with van der Waals surface area (Å²) in [5, 5.41) is 10.5. The summed E-state index contributed by atoms with van der Waals surface area (Å²) in [6.07, 6.45) is 18.7. The van der Waals surface area contributed by atoms with Crippen LogP contribution in [0.1, 0.15) is 48.8 Å². The number of carbonyl (C=O) groups is 1. The van der Waals surface area contributed by atoms with E-state index in [9.17, 15) is 9.90 Å². The molecule has 3 fully saturated rings. The lowest BCUT2D eigenvalue weighted by atomic mass is 9.45. The zero-order valence-corrected chi connectivity index (χ0v) is 21.6. The lowest BCUT2D eigenvalue weighted by molar-refractivity contribution is -0.135. The molecule has 5 nitrogen and oxygen atoms in total. The van der Waals surface area contributed by atoms with Gasteiger partial charge in [0.1, 0.15) is 5.75 Å². The lowest BCUT2D eigenvalue weighted by Crippen LogP contribution is -2.68. The van der Waals surface area contributed by atoms with E-state index in [1.54, 1.807) is 18.6 Å². The van der Waals surface area contributed by atoms with Crippen molar-refractivity contribution in [3.63, 3.8) is 0 Å². The molecular formula is C30H35ClN2O3. The highest BCUT2D eigenvalue weighted by atomic mass is 35.5. The fraction of sp³-hybridized carbons (Fsp3) is 0.500. The number of benzene rings is 1. The number of phenols is 1. The van der Waals surface area contributed by atoms with Gasteiger partial charge in [0.05, 0.1) is 12.5 Å². The smallest absolute Gasteiger partial charge is 0.246 e. The van der Waals surface area contributed by atoms with E-state index in [0.29, 0.717) is 17.7 Å². The normalized spacial score (nSPS) is 34.2. The summed E-state index contributed by atoms with van der Waals surface area (Å²) in [6, 6.07) is 8.53. The Morgan fingerprint density at radius 3 is 2.89 bits per heavy atom. The Morgan fingerprint density at radius 2 is 2.11 bits per heavy atom. The van der Waals surface area contributed by atoms with E-state index in [1.165, 1.54) is 30.5 Å². The second-order valence-corrected chi connectivity index (χ2v) is 11.8. The Morgan fingerprint density at radius 1 is 1.25 bits per heavy atom. The van der Waals surface area contributed by atoms with Crippen molar-refractivity contribution in [2.45, 2.75) is 56.0 Å². The number of likely N-dealkylation sites (N-methyl/N-ethyl adjacent to an activating group) is 1. The van der Waals surface area contributed by atoms with Gasteiger partial charge in [-0.3, -0.25) is 9.69 Å². The number of rotatable bonds is 5. The molecule has 2 bridgehead atoms. The molecule has 0 unspecified atom stereocenters. The van der Waals surface area contributed by atoms with Crippen LogP contribution in [0.15, 0.2) is 59.4 Å². The first-order valence-electron chi connectivity index (χ1n) is 13.2. The van der Waals surface area contributed by atoms with Crippen molar-refractivity contribution in [1.29, 1.82) is 0 Å². The largest absolute Gasteiger partial charge is 0.508 e. The molecule has 1 aliphatic heterocycles. The molecule has 0 radical (unpaired) electrons. The number of amides is 1. The van der Waals surface area contributed by atoms with Crippen molar-refractivity contribution in [2.75, 3.05) is 20.1 Å². The fourth-order valence-corrected chi connectivity index (χ4v) is 8.23. The van der Waals surface area contributed by atoms with E-state index in [-0.39, 0.29) is 35.2 Å². The molecule has 1 N–H and O–H groups in total. The maximum absolute atomic E-state index is 13.3. The Hall–Kier alpha value is -2.50. The van der Waals surface area contributed by atoms with Crippen LogP contribution in [0.4, 0.5) is 0 Å². The number of nitrogens with zero attached hydrogens (tertiary/aromatic N) is 2. The number of aromatic hydroxyl groups is 1. The summed E-state index contributed by atoms with van der Waals surface area (Å²) in [4.78, 5) is 18.0. The van der Waals surface area contributed by atoms with Gasteiger partial charge in [-0.25, -0.2) is 0 Å². The topological polar surface area (TPSA) is 56.9 Å². The van der Waals surface area contributed by atoms with Gasteiger partial charge in [-0.05, 0) is 92.3 Å². The summed E-state index contributed by atoms with van der Waals surface area (Å²) in [5.41, 5.74) is 3.81. The molecule has 1 aromatic carbocycles. The van der Waals surface area contributed by atoms with Crippen molar-refractivity contribution >= 4 is 24.4 Å². The molecule has 4 aliphatic carbocycles. The molecule has 7 rings (SSSR count). The van der Waals surface area contributed by atoms with Gasteiger partial charge in [0.15, 0.2) is 0 Å². The highest BCUT2D eigenvalue weighted by Gasteiger charge is 2.68. The van der Waals surface area contributed by atoms with E-state index in [4.69, 9.17) is 4.42 Å². The Balaban J connectivity index is 0.00000240. The SMILES string of the molecule is CN(C(=O)/C=C/c1ccoc1)[C@H]1C[C@@]23CCN(CC4CC4)[C@H]4C=C[C@@H]1C[C@]42Cc1ccc(O)cc13.Cl. The van der Waals surface area contributed by atoms with Crippen LogP contribution in [-0.2, 0) is 16.6 Å². The number of fused-ring (bicyclic) bond motifs is 2. The second-order valence-electron chi connectivity index (χ2n) is 11.8. The number of hydrogen-bond acceptors (Lipinski definition) is 4. The van der Waals surface area contributed by atoms with Gasteiger partial charge in [-0.2, -0.15) is 0 Å². The first-order valence-corrected chi connectivity index (χ1v) is 13.2. The molecule has 6 heteroatoms. The van der Waals surface area contributed by atoms with Crippen molar-refractivity contribution in [2.24, 2.45) is 17.3 Å². The van der Waals surface area contributed by atoms with E-state index in [0.717, 1.165) is 43.7 Å². The number of furan rings is 1. The van der Waals surface area contributed by atoms with Crippen LogP contribution in [0.25, 0.3) is 6.08 Å². The Labute approximate surface area is 219 Å². The summed E-state index contributed by atoms with van der Waals surface area (Å²) in [6.45, 7) is 2.32. The Kier molecular flexibility index (Phi) is 5.65. The molecule has 2 heterocycles. The number of phenolic OH excluding ortho intramolecular Hbond substituents is 1. The summed E-state index contributed by atoms with van der Waals surface area (Å²) >= 11 is 0. The van der Waals surface area contributed by atoms with Crippen LogP contribution in [0, 0.1) is 17.3 Å².